The summed E-state index contributed by atoms with van der Waals surface area (Å²) in [5, 5.41) is 2.92. The van der Waals surface area contributed by atoms with E-state index in [0.29, 0.717) is 5.56 Å². The number of benzene rings is 1. The quantitative estimate of drug-likeness (QED) is 0.815. The highest BCUT2D eigenvalue weighted by Crippen LogP contribution is 2.19. The summed E-state index contributed by atoms with van der Waals surface area (Å²) in [7, 11) is -4.60. The molecular weight excluding hydrogens is 362 g/mol. The van der Waals surface area contributed by atoms with Crippen LogP contribution in [-0.4, -0.2) is 32.2 Å². The first-order valence-corrected chi connectivity index (χ1v) is 8.99. The molecule has 0 aliphatic heterocycles. The van der Waals surface area contributed by atoms with Crippen LogP contribution in [0.15, 0.2) is 29.2 Å². The van der Waals surface area contributed by atoms with Crippen LogP contribution in [0.5, 0.6) is 0 Å². The van der Waals surface area contributed by atoms with Crippen LogP contribution >= 0.6 is 12.4 Å². The predicted molar refractivity (Wildman–Crippen MR) is 89.0 cm³/mol. The number of hydrogen-bond acceptors (Lipinski definition) is 4. The second kappa shape index (κ2) is 8.73. The number of amides is 1. The molecule has 2 rings (SSSR count). The Morgan fingerprint density at radius 3 is 2.21 bits per heavy atom. The Morgan fingerprint density at radius 2 is 1.71 bits per heavy atom. The largest absolute Gasteiger partial charge is 0.353 e. The van der Waals surface area contributed by atoms with Crippen LogP contribution in [0.25, 0.3) is 0 Å². The Labute approximate surface area is 146 Å². The maximum Gasteiger partial charge on any atom is 0.341 e. The zero-order chi connectivity index (χ0) is 17.0. The molecule has 1 aromatic rings. The molecule has 0 radical (unpaired) electrons. The van der Waals surface area contributed by atoms with E-state index in [2.05, 4.69) is 5.32 Å². The maximum atomic E-state index is 12.4. The first-order valence-electron chi connectivity index (χ1n) is 7.45. The molecule has 5 nitrogen and oxygen atoms in total. The van der Waals surface area contributed by atoms with Gasteiger partial charge in [0.15, 0.2) is 0 Å². The topological polar surface area (TPSA) is 89.3 Å². The molecule has 1 aliphatic carbocycles. The van der Waals surface area contributed by atoms with Crippen molar-refractivity contribution in [1.82, 2.24) is 5.32 Å². The molecule has 3 N–H and O–H groups in total. The Kier molecular flexibility index (Phi) is 7.56. The second-order valence-electron chi connectivity index (χ2n) is 5.81. The van der Waals surface area contributed by atoms with Gasteiger partial charge in [0.05, 0.1) is 11.3 Å². The number of carbonyl (C=O) groups excluding carboxylic acids is 1. The normalized spacial score (nSPS) is 21.2. The summed E-state index contributed by atoms with van der Waals surface area (Å²) in [4.78, 5) is 11.5. The minimum absolute atomic E-state index is 0. The average molecular weight is 383 g/mol. The Hall–Kier alpha value is -1.25. The van der Waals surface area contributed by atoms with Crippen LogP contribution in [-0.2, 0) is 21.1 Å². The summed E-state index contributed by atoms with van der Waals surface area (Å²) >= 11 is 0. The molecule has 136 valence electrons. The first-order chi connectivity index (χ1) is 10.8. The van der Waals surface area contributed by atoms with E-state index in [1.807, 2.05) is 0 Å². The highest BCUT2D eigenvalue weighted by Gasteiger charge is 2.26. The highest BCUT2D eigenvalue weighted by molar-refractivity contribution is 7.91. The van der Waals surface area contributed by atoms with E-state index in [9.17, 15) is 22.0 Å². The van der Waals surface area contributed by atoms with Gasteiger partial charge in [0.25, 0.3) is 0 Å². The van der Waals surface area contributed by atoms with E-state index < -0.39 is 20.5 Å². The Balaban J connectivity index is 0.00000288. The molecule has 0 aromatic heterocycles. The summed E-state index contributed by atoms with van der Waals surface area (Å²) in [5.74, 6) is -3.62. The van der Waals surface area contributed by atoms with E-state index >= 15 is 0 Å². The lowest BCUT2D eigenvalue weighted by Crippen LogP contribution is -2.41. The molecule has 0 heterocycles. The highest BCUT2D eigenvalue weighted by atomic mass is 35.5. The van der Waals surface area contributed by atoms with Gasteiger partial charge in [-0.3, -0.25) is 4.79 Å². The van der Waals surface area contributed by atoms with Crippen LogP contribution in [0.3, 0.4) is 0 Å². The Bertz CT molecular complexity index is 645. The number of sulfone groups is 1. The van der Waals surface area contributed by atoms with Crippen LogP contribution in [0, 0.1) is 0 Å². The summed E-state index contributed by atoms with van der Waals surface area (Å²) in [5.41, 5.74) is 6.38. The van der Waals surface area contributed by atoms with Crippen molar-refractivity contribution in [2.24, 2.45) is 5.73 Å². The fraction of sp³-hybridized carbons (Fsp3) is 0.533. The molecular formula is C15H21ClF2N2O3S. The van der Waals surface area contributed by atoms with Gasteiger partial charge in [0.1, 0.15) is 0 Å². The number of nitrogens with two attached hydrogens (primary N) is 1. The van der Waals surface area contributed by atoms with Crippen molar-refractivity contribution in [3.63, 3.8) is 0 Å². The van der Waals surface area contributed by atoms with Crippen LogP contribution in [0.4, 0.5) is 8.78 Å². The third-order valence-electron chi connectivity index (χ3n) is 3.99. The van der Waals surface area contributed by atoms with Gasteiger partial charge >= 0.3 is 5.76 Å². The Morgan fingerprint density at radius 1 is 1.17 bits per heavy atom. The number of alkyl halides is 2. The molecule has 1 saturated carbocycles. The minimum Gasteiger partial charge on any atom is -0.353 e. The predicted octanol–water partition coefficient (Wildman–Crippen LogP) is 2.03. The molecule has 0 saturated heterocycles. The van der Waals surface area contributed by atoms with E-state index in [0.717, 1.165) is 37.8 Å². The first kappa shape index (κ1) is 20.8. The summed E-state index contributed by atoms with van der Waals surface area (Å²) in [6.07, 6.45) is 3.53. The van der Waals surface area contributed by atoms with Crippen molar-refractivity contribution < 1.29 is 22.0 Å². The maximum absolute atomic E-state index is 12.4. The van der Waals surface area contributed by atoms with E-state index in [4.69, 9.17) is 5.73 Å². The molecule has 0 spiro atoms. The molecule has 9 heteroatoms. The second-order valence-corrected chi connectivity index (χ2v) is 7.72. The van der Waals surface area contributed by atoms with Gasteiger partial charge in [-0.05, 0) is 43.4 Å². The SMILES string of the molecule is Cl.NC1CCC(NC(=O)Cc2ccc(S(=O)(=O)C(F)F)cc2)CC1. The molecule has 0 bridgehead atoms. The van der Waals surface area contributed by atoms with E-state index in [1.165, 1.54) is 12.1 Å². The molecule has 24 heavy (non-hydrogen) atoms. The number of rotatable bonds is 5. The fourth-order valence-electron chi connectivity index (χ4n) is 2.63. The van der Waals surface area contributed by atoms with Crippen LogP contribution < -0.4 is 11.1 Å². The van der Waals surface area contributed by atoms with Crippen LogP contribution in [0.1, 0.15) is 31.2 Å². The van der Waals surface area contributed by atoms with Crippen molar-refractivity contribution >= 4 is 28.2 Å². The standard InChI is InChI=1S/C15H20F2N2O3S.ClH/c16-15(17)23(21,22)13-7-1-10(2-8-13)9-14(20)19-12-5-3-11(18)4-6-12;/h1-2,7-8,11-12,15H,3-6,9,18H2,(H,19,20);1H. The minimum atomic E-state index is -4.60. The van der Waals surface area contributed by atoms with E-state index in [1.54, 1.807) is 0 Å². The molecule has 1 amide bonds. The molecule has 1 fully saturated rings. The van der Waals surface area contributed by atoms with Crippen LogP contribution in [0.2, 0.25) is 0 Å². The van der Waals surface area contributed by atoms with Crippen molar-refractivity contribution in [2.45, 2.75) is 54.8 Å². The smallest absolute Gasteiger partial charge is 0.341 e. The molecule has 1 aromatic carbocycles. The van der Waals surface area contributed by atoms with Crippen molar-refractivity contribution in [1.29, 1.82) is 0 Å². The summed E-state index contributed by atoms with van der Waals surface area (Å²) in [6, 6.07) is 5.28. The van der Waals surface area contributed by atoms with Crippen molar-refractivity contribution in [2.75, 3.05) is 0 Å². The molecule has 0 unspecified atom stereocenters. The van der Waals surface area contributed by atoms with Crippen molar-refractivity contribution in [3.8, 4) is 0 Å². The van der Waals surface area contributed by atoms with Gasteiger partial charge in [0.2, 0.25) is 15.7 Å². The summed E-state index contributed by atoms with van der Waals surface area (Å²) in [6.45, 7) is 0. The molecule has 1 aliphatic rings. The van der Waals surface area contributed by atoms with Gasteiger partial charge < -0.3 is 11.1 Å². The lowest BCUT2D eigenvalue weighted by Gasteiger charge is -2.26. The van der Waals surface area contributed by atoms with Gasteiger partial charge in [-0.2, -0.15) is 8.78 Å². The lowest BCUT2D eigenvalue weighted by molar-refractivity contribution is -0.121. The zero-order valence-electron chi connectivity index (χ0n) is 13.0. The third kappa shape index (κ3) is 5.39. The average Bonchev–Trinajstić information content (AvgIpc) is 2.50. The zero-order valence-corrected chi connectivity index (χ0v) is 14.6. The number of nitrogens with one attached hydrogen (secondary N) is 1. The lowest BCUT2D eigenvalue weighted by atomic mass is 9.91. The molecule has 0 atom stereocenters. The van der Waals surface area contributed by atoms with Gasteiger partial charge in [-0.15, -0.1) is 12.4 Å². The van der Waals surface area contributed by atoms with Gasteiger partial charge in [0, 0.05) is 12.1 Å². The van der Waals surface area contributed by atoms with Gasteiger partial charge in [-0.25, -0.2) is 8.42 Å². The van der Waals surface area contributed by atoms with Gasteiger partial charge in [-0.1, -0.05) is 12.1 Å². The summed E-state index contributed by atoms with van der Waals surface area (Å²) < 4.78 is 47.5. The number of carbonyl (C=O) groups is 1. The number of halogens is 3. The van der Waals surface area contributed by atoms with E-state index in [-0.39, 0.29) is 36.8 Å². The fourth-order valence-corrected chi connectivity index (χ4v) is 3.35. The third-order valence-corrected chi connectivity index (χ3v) is 5.39. The van der Waals surface area contributed by atoms with Crippen molar-refractivity contribution in [3.05, 3.63) is 29.8 Å². The monoisotopic (exact) mass is 382 g/mol. The number of hydrogen-bond donors (Lipinski definition) is 2.